The van der Waals surface area contributed by atoms with Crippen LogP contribution >= 0.6 is 0 Å². The quantitative estimate of drug-likeness (QED) is 0.331. The average Bonchev–Trinajstić information content (AvgIpc) is 2.13. The van der Waals surface area contributed by atoms with Crippen LogP contribution in [0, 0.1) is 0 Å². The minimum Gasteiger partial charge on any atom is -0.269 e. The van der Waals surface area contributed by atoms with Gasteiger partial charge in [-0.05, 0) is 5.12 Å². The first-order valence-electron chi connectivity index (χ1n) is 4.02. The first kappa shape index (κ1) is 14.2. The fraction of sp³-hybridized carbons (Fsp3) is 0.714. The van der Waals surface area contributed by atoms with Crippen LogP contribution in [-0.2, 0) is 4.74 Å². The third-order valence-corrected chi connectivity index (χ3v) is 1.99. The molecule has 0 amide bonds. The Morgan fingerprint density at radius 1 is 1.00 bits per heavy atom. The van der Waals surface area contributed by atoms with Gasteiger partial charge < -0.3 is 0 Å². The van der Waals surface area contributed by atoms with E-state index in [1.165, 1.54) is 0 Å². The number of halogens is 8. The lowest BCUT2D eigenvalue weighted by Crippen LogP contribution is -2.72. The van der Waals surface area contributed by atoms with Crippen LogP contribution in [0.15, 0.2) is 12.7 Å². The van der Waals surface area contributed by atoms with Gasteiger partial charge in [-0.3, -0.25) is 4.74 Å². The molecule has 0 radical (unpaired) electrons. The van der Waals surface area contributed by atoms with Crippen LogP contribution in [0.3, 0.4) is 0 Å². The van der Waals surface area contributed by atoms with Gasteiger partial charge in [0.1, 0.15) is 0 Å². The number of rotatable bonds is 2. The highest BCUT2D eigenvalue weighted by Gasteiger charge is 2.82. The summed E-state index contributed by atoms with van der Waals surface area (Å²) in [6.45, 7) is 2.75. The first-order valence-corrected chi connectivity index (χ1v) is 4.02. The maximum atomic E-state index is 13.3. The molecule has 100 valence electrons. The lowest BCUT2D eigenvalue weighted by atomic mass is 10.1. The fourth-order valence-corrected chi connectivity index (χ4v) is 1.11. The molecule has 1 atom stereocenters. The zero-order valence-corrected chi connectivity index (χ0v) is 7.87. The van der Waals surface area contributed by atoms with E-state index in [1.54, 1.807) is 0 Å². The Labute approximate surface area is 89.4 Å². The average molecular weight is 271 g/mol. The van der Waals surface area contributed by atoms with Gasteiger partial charge in [0.2, 0.25) is 0 Å². The van der Waals surface area contributed by atoms with Crippen LogP contribution in [0.4, 0.5) is 35.2 Å². The predicted octanol–water partition coefficient (Wildman–Crippen LogP) is 3.22. The van der Waals surface area contributed by atoms with Crippen molar-refractivity contribution in [2.75, 3.05) is 0 Å². The molecule has 0 aromatic carbocycles. The standard InChI is InChI=1S/C7H5F8NO/c1-2-3-4(8)5(9,10)16(15)6(11,12)7(13,14)17-4/h2H,1,3H2. The van der Waals surface area contributed by atoms with Gasteiger partial charge in [-0.1, -0.05) is 6.08 Å². The van der Waals surface area contributed by atoms with Crippen LogP contribution in [0.25, 0.3) is 0 Å². The number of hydrogen-bond donors (Lipinski definition) is 0. The smallest absolute Gasteiger partial charge is 0.269 e. The van der Waals surface area contributed by atoms with Crippen molar-refractivity contribution in [3.8, 4) is 0 Å². The first-order chi connectivity index (χ1) is 7.42. The zero-order valence-electron chi connectivity index (χ0n) is 7.87. The minimum absolute atomic E-state index is 0.362. The molecular formula is C7H5F8NO. The van der Waals surface area contributed by atoms with E-state index < -0.39 is 35.6 Å². The molecule has 0 aliphatic carbocycles. The highest BCUT2D eigenvalue weighted by molar-refractivity contribution is 4.98. The highest BCUT2D eigenvalue weighted by Crippen LogP contribution is 2.56. The van der Waals surface area contributed by atoms with Crippen molar-refractivity contribution in [2.45, 2.75) is 30.5 Å². The molecule has 0 spiro atoms. The Morgan fingerprint density at radius 3 is 1.88 bits per heavy atom. The van der Waals surface area contributed by atoms with Crippen LogP contribution in [0.1, 0.15) is 6.42 Å². The third-order valence-electron chi connectivity index (χ3n) is 1.99. The third kappa shape index (κ3) is 1.69. The summed E-state index contributed by atoms with van der Waals surface area (Å²) in [6, 6.07) is -11.6. The van der Waals surface area contributed by atoms with E-state index in [2.05, 4.69) is 11.3 Å². The van der Waals surface area contributed by atoms with E-state index in [-0.39, 0.29) is 0 Å². The van der Waals surface area contributed by atoms with Crippen LogP contribution in [0.2, 0.25) is 0 Å². The van der Waals surface area contributed by atoms with Gasteiger partial charge in [0.25, 0.3) is 5.85 Å². The summed E-state index contributed by atoms with van der Waals surface area (Å²) in [7, 11) is 0. The van der Waals surface area contributed by atoms with Crippen molar-refractivity contribution < 1.29 is 40.0 Å². The van der Waals surface area contributed by atoms with Crippen LogP contribution in [-0.4, -0.2) is 29.2 Å². The molecule has 0 N–H and O–H groups in total. The van der Waals surface area contributed by atoms with E-state index >= 15 is 0 Å². The number of nitrogens with zero attached hydrogens (tertiary/aromatic N) is 1. The van der Waals surface area contributed by atoms with Crippen molar-refractivity contribution >= 4 is 0 Å². The summed E-state index contributed by atoms with van der Waals surface area (Å²) in [6.07, 6.45) is -6.99. The van der Waals surface area contributed by atoms with Crippen molar-refractivity contribution in [3.63, 3.8) is 0 Å². The normalized spacial score (nSPS) is 35.5. The van der Waals surface area contributed by atoms with Gasteiger partial charge in [0.05, 0.1) is 0 Å². The van der Waals surface area contributed by atoms with Crippen molar-refractivity contribution in [2.24, 2.45) is 0 Å². The summed E-state index contributed by atoms with van der Waals surface area (Å²) >= 11 is 0. The van der Waals surface area contributed by atoms with E-state index in [9.17, 15) is 35.2 Å². The van der Waals surface area contributed by atoms with E-state index in [0.717, 1.165) is 0 Å². The molecule has 1 heterocycles. The van der Waals surface area contributed by atoms with Crippen molar-refractivity contribution in [1.29, 1.82) is 0 Å². The maximum Gasteiger partial charge on any atom is 0.440 e. The molecule has 1 unspecified atom stereocenters. The highest BCUT2D eigenvalue weighted by atomic mass is 19.4. The second-order valence-corrected chi connectivity index (χ2v) is 3.20. The largest absolute Gasteiger partial charge is 0.440 e. The molecule has 17 heavy (non-hydrogen) atoms. The Hall–Kier alpha value is -0.900. The second-order valence-electron chi connectivity index (χ2n) is 3.20. The van der Waals surface area contributed by atoms with Gasteiger partial charge in [-0.2, -0.15) is 26.3 Å². The number of alkyl halides is 7. The van der Waals surface area contributed by atoms with Gasteiger partial charge in [-0.15, -0.1) is 11.1 Å². The Morgan fingerprint density at radius 2 is 1.47 bits per heavy atom. The molecule has 10 heteroatoms. The minimum atomic E-state index is -5.99. The summed E-state index contributed by atoms with van der Waals surface area (Å²) in [5, 5.41) is -2.84. The van der Waals surface area contributed by atoms with Gasteiger partial charge in [0.15, 0.2) is 0 Å². The predicted molar refractivity (Wildman–Crippen MR) is 37.5 cm³/mol. The summed E-state index contributed by atoms with van der Waals surface area (Å²) in [4.78, 5) is 0. The molecule has 1 saturated heterocycles. The zero-order chi connectivity index (χ0) is 13.7. The van der Waals surface area contributed by atoms with Gasteiger partial charge in [0, 0.05) is 6.42 Å². The monoisotopic (exact) mass is 271 g/mol. The van der Waals surface area contributed by atoms with Crippen molar-refractivity contribution in [1.82, 2.24) is 5.12 Å². The number of hydrogen-bond acceptors (Lipinski definition) is 2. The Balaban J connectivity index is 3.28. The lowest BCUT2D eigenvalue weighted by Gasteiger charge is -2.46. The second kappa shape index (κ2) is 3.55. The molecule has 1 aliphatic heterocycles. The van der Waals surface area contributed by atoms with E-state index in [4.69, 9.17) is 0 Å². The van der Waals surface area contributed by atoms with Crippen LogP contribution in [0.5, 0.6) is 0 Å². The molecule has 2 nitrogen and oxygen atoms in total. The molecule has 1 fully saturated rings. The summed E-state index contributed by atoms with van der Waals surface area (Å²) in [5.74, 6) is -4.64. The van der Waals surface area contributed by atoms with Gasteiger partial charge >= 0.3 is 18.2 Å². The van der Waals surface area contributed by atoms with Gasteiger partial charge in [-0.25, -0.2) is 4.39 Å². The molecular weight excluding hydrogens is 266 g/mol. The number of ether oxygens (including phenoxy) is 1. The molecule has 0 bridgehead atoms. The SMILES string of the molecule is C=CCC1(F)OC(F)(F)C(F)(F)N(F)C1(F)F. The Bertz CT molecular complexity index is 332. The molecule has 1 rings (SSSR count). The Kier molecular flexibility index (Phi) is 2.95. The summed E-state index contributed by atoms with van der Waals surface area (Å²) in [5.41, 5.74) is 0. The topological polar surface area (TPSA) is 12.5 Å². The number of morpholine rings is 1. The molecule has 0 aromatic heterocycles. The fourth-order valence-electron chi connectivity index (χ4n) is 1.11. The molecule has 1 aliphatic rings. The van der Waals surface area contributed by atoms with E-state index in [1.807, 2.05) is 0 Å². The van der Waals surface area contributed by atoms with Crippen LogP contribution < -0.4 is 0 Å². The maximum absolute atomic E-state index is 13.3. The van der Waals surface area contributed by atoms with E-state index in [0.29, 0.717) is 6.08 Å². The van der Waals surface area contributed by atoms with Crippen molar-refractivity contribution in [3.05, 3.63) is 12.7 Å². The lowest BCUT2D eigenvalue weighted by molar-refractivity contribution is -0.565. The molecule has 0 aromatic rings. The molecule has 0 saturated carbocycles. The summed E-state index contributed by atoms with van der Waals surface area (Å²) < 4.78 is 104.